The smallest absolute Gasteiger partial charge is 0.307 e. The van der Waals surface area contributed by atoms with Crippen LogP contribution in [0.3, 0.4) is 0 Å². The fourth-order valence-electron chi connectivity index (χ4n) is 10.7. The Bertz CT molecular complexity index is 2120. The van der Waals surface area contributed by atoms with Gasteiger partial charge in [-0.2, -0.15) is 0 Å². The molecule has 0 radical (unpaired) electrons. The number of Topliss-reactive ketones (excluding diaryl/α,β-unsaturated/α-hetero) is 1. The second-order valence-electron chi connectivity index (χ2n) is 39.2. The fraction of sp³-hybridized carbons (Fsp3) is 0.929. The van der Waals surface area contributed by atoms with E-state index in [2.05, 4.69) is 162 Å². The van der Waals surface area contributed by atoms with E-state index in [9.17, 15) is 33.9 Å². The van der Waals surface area contributed by atoms with Crippen LogP contribution in [-0.2, 0) is 47.7 Å². The Balaban J connectivity index is -0.000000262. The number of carboxylic acid groups (broad SMARTS) is 3. The molecular weight excluding hydrogens is 1320 g/mol. The number of hydrogen-bond donors (Lipinski definition) is 8. The van der Waals surface area contributed by atoms with Gasteiger partial charge in [-0.25, -0.2) is 0 Å². The molecular formula is C84H171N3O17. The summed E-state index contributed by atoms with van der Waals surface area (Å²) >= 11 is 0. The summed E-state index contributed by atoms with van der Waals surface area (Å²) in [6.07, 6.45) is 18.1. The summed E-state index contributed by atoms with van der Waals surface area (Å²) in [6, 6.07) is 0. The number of rotatable bonds is 26. The number of amides is 1. The van der Waals surface area contributed by atoms with Gasteiger partial charge < -0.3 is 70.2 Å². The summed E-state index contributed by atoms with van der Waals surface area (Å²) < 4.78 is 20.0. The maximum atomic E-state index is 11.8. The van der Waals surface area contributed by atoms with Crippen LogP contribution >= 0.6 is 0 Å². The molecule has 0 aromatic rings. The summed E-state index contributed by atoms with van der Waals surface area (Å²) in [6.45, 7) is 65.6. The van der Waals surface area contributed by atoms with E-state index in [1.54, 1.807) is 0 Å². The number of aliphatic hydroxyl groups is 4. The van der Waals surface area contributed by atoms with Gasteiger partial charge in [-0.15, -0.1) is 0 Å². The molecule has 0 spiro atoms. The van der Waals surface area contributed by atoms with Gasteiger partial charge in [0.1, 0.15) is 5.78 Å². The van der Waals surface area contributed by atoms with E-state index in [4.69, 9.17) is 50.6 Å². The van der Waals surface area contributed by atoms with Gasteiger partial charge in [0.15, 0.2) is 0 Å². The molecule has 2 saturated carbocycles. The first-order valence-corrected chi connectivity index (χ1v) is 39.3. The van der Waals surface area contributed by atoms with Crippen molar-refractivity contribution in [3.05, 3.63) is 0 Å². The highest BCUT2D eigenvalue weighted by Crippen LogP contribution is 2.40. The Kier molecular flexibility index (Phi) is 62.9. The van der Waals surface area contributed by atoms with Crippen LogP contribution in [0, 0.1) is 72.4 Å². The molecule has 1 saturated heterocycles. The molecule has 104 heavy (non-hydrogen) atoms. The molecule has 0 aromatic carbocycles. The van der Waals surface area contributed by atoms with Gasteiger partial charge in [0.05, 0.1) is 70.9 Å². The number of ketones is 1. The number of unbranched alkanes of at least 4 members (excludes halogenated alkanes) is 1. The van der Waals surface area contributed by atoms with Crippen molar-refractivity contribution in [3.63, 3.8) is 0 Å². The molecule has 20 heteroatoms. The standard InChI is InChI=1S/C11H22N2O.C11H22O4.C11H22O3.C11H20O2.C10H21NO2.C10H20O.C7H14O2.C7H16O.C6H14O/c1-11(2,3)9-10(14)13-7-5-12(4)6-8-13;1-11(2,3)5-7-15-9-8-14-6-4-10(12)13;1-11(2,3)9-10(13)5-4-7-14-8-6-12;1-11(2,3)9-6-4-8(5-7-9)10(12)13;1-10(2,3)8(9(12)13)6-4-5-7-11;1-10(2,3)8-4-6-9(11)7-5-8;1-7(2,3)5-6(8)9-4;1-7(2,3)5-4-6-8;1-6(2,3)4-5-7/h5-9H2,1-4H3;4-9H2,1-3H3,(H,12,13);12H,4-9H2,1-3H3;8-9H,4-7H2,1-3H3,(H,12,13);8H,4-7,11H2,1-3H3,(H,12,13);8-9,11H,4-7H2,1-3H3;5H2,1-4H3;8H,4-6H2,1-3H3;7H,4-5H2,1-3H3. The molecule has 3 aliphatic rings. The summed E-state index contributed by atoms with van der Waals surface area (Å²) in [5, 5.41) is 60.7. The zero-order valence-corrected chi connectivity index (χ0v) is 72.8. The highest BCUT2D eigenvalue weighted by Gasteiger charge is 2.33. The summed E-state index contributed by atoms with van der Waals surface area (Å²) in [5.74, 6) is -0.439. The van der Waals surface area contributed by atoms with Gasteiger partial charge in [-0.3, -0.25) is 28.8 Å². The molecule has 1 aliphatic heterocycles. The summed E-state index contributed by atoms with van der Waals surface area (Å²) in [7, 11) is 3.51. The number of likely N-dealkylation sites (N-methyl/N-ethyl adjacent to an activating group) is 1. The molecule has 1 atom stereocenters. The monoisotopic (exact) mass is 1490 g/mol. The van der Waals surface area contributed by atoms with Crippen molar-refractivity contribution in [3.8, 4) is 0 Å². The molecule has 1 amide bonds. The first-order valence-electron chi connectivity index (χ1n) is 39.3. The number of aliphatic hydroxyl groups excluding tert-OH is 4. The van der Waals surface area contributed by atoms with E-state index in [0.717, 1.165) is 129 Å². The van der Waals surface area contributed by atoms with Crippen LogP contribution in [0.5, 0.6) is 0 Å². The van der Waals surface area contributed by atoms with Crippen LogP contribution in [0.15, 0.2) is 0 Å². The maximum Gasteiger partial charge on any atom is 0.307 e. The number of aliphatic carboxylic acids is 3. The number of methoxy groups -OCH3 is 1. The predicted molar refractivity (Wildman–Crippen MR) is 429 cm³/mol. The lowest BCUT2D eigenvalue weighted by Crippen LogP contribution is -2.47. The third-order valence-electron chi connectivity index (χ3n) is 17.4. The predicted octanol–water partition coefficient (Wildman–Crippen LogP) is 17.1. The van der Waals surface area contributed by atoms with Gasteiger partial charge >= 0.3 is 23.9 Å². The van der Waals surface area contributed by atoms with E-state index in [-0.39, 0.29) is 65.2 Å². The number of esters is 1. The van der Waals surface area contributed by atoms with Crippen molar-refractivity contribution in [2.45, 2.75) is 328 Å². The first-order chi connectivity index (χ1) is 47.1. The number of nitrogens with two attached hydrogens (primary N) is 1. The lowest BCUT2D eigenvalue weighted by atomic mass is 9.70. The van der Waals surface area contributed by atoms with Gasteiger partial charge in [0.25, 0.3) is 0 Å². The number of carbonyl (C=O) groups is 6. The van der Waals surface area contributed by atoms with Crippen molar-refractivity contribution in [2.24, 2.45) is 78.1 Å². The Labute approximate surface area is 638 Å². The average molecular weight is 1500 g/mol. The minimum atomic E-state index is -0.830. The number of carboxylic acids is 3. The fourth-order valence-corrected chi connectivity index (χ4v) is 10.7. The number of carbonyl (C=O) groups excluding carboxylic acids is 3. The SMILES string of the molecule is CC(C)(C)C(CCCCN)C(=O)O.CC(C)(C)C1CCC(C(=O)O)CC1.CC(C)(C)C1CCC(O)CC1.CC(C)(C)CC(=O)CCCOCCO.CC(C)(C)CCCO.CC(C)(C)CCO.CC(C)(C)CCOCCOCCC(=O)O.CN1CCN(C(=O)CC(C)(C)C)CC1.COC(=O)CC(C)(C)C. The second kappa shape index (κ2) is 58.6. The molecule has 0 aromatic heterocycles. The van der Waals surface area contributed by atoms with Crippen LogP contribution in [0.2, 0.25) is 0 Å². The van der Waals surface area contributed by atoms with E-state index < -0.39 is 17.9 Å². The third-order valence-corrected chi connectivity index (χ3v) is 17.4. The number of nitrogens with zero attached hydrogens (tertiary/aromatic N) is 2. The second-order valence-corrected chi connectivity index (χ2v) is 39.2. The minimum absolute atomic E-state index is 0.00593. The van der Waals surface area contributed by atoms with Crippen LogP contribution in [-0.4, -0.2) is 194 Å². The van der Waals surface area contributed by atoms with Crippen molar-refractivity contribution >= 4 is 35.6 Å². The first kappa shape index (κ1) is 112. The van der Waals surface area contributed by atoms with Crippen LogP contribution < -0.4 is 5.73 Å². The molecule has 1 heterocycles. The number of ether oxygens (including phenoxy) is 4. The molecule has 3 rings (SSSR count). The minimum Gasteiger partial charge on any atom is -0.481 e. The van der Waals surface area contributed by atoms with Crippen LogP contribution in [0.4, 0.5) is 0 Å². The summed E-state index contributed by atoms with van der Waals surface area (Å²) in [5.41, 5.74) is 7.23. The quantitative estimate of drug-likeness (QED) is 0.0295. The van der Waals surface area contributed by atoms with E-state index in [0.29, 0.717) is 117 Å². The highest BCUT2D eigenvalue weighted by atomic mass is 16.5. The van der Waals surface area contributed by atoms with Gasteiger partial charge in [0.2, 0.25) is 5.91 Å². The zero-order chi connectivity index (χ0) is 82.6. The van der Waals surface area contributed by atoms with Crippen LogP contribution in [0.25, 0.3) is 0 Å². The molecule has 624 valence electrons. The number of piperazine rings is 1. The lowest BCUT2D eigenvalue weighted by molar-refractivity contribution is -0.146. The van der Waals surface area contributed by atoms with Gasteiger partial charge in [-0.1, -0.05) is 193 Å². The van der Waals surface area contributed by atoms with Gasteiger partial charge in [0, 0.05) is 71.9 Å². The Morgan fingerprint density at radius 2 is 0.885 bits per heavy atom. The third kappa shape index (κ3) is 82.7. The van der Waals surface area contributed by atoms with E-state index in [1.165, 1.54) is 20.0 Å². The Morgan fingerprint density at radius 1 is 0.452 bits per heavy atom. The largest absolute Gasteiger partial charge is 0.481 e. The molecule has 3 fully saturated rings. The molecule has 9 N–H and O–H groups in total. The van der Waals surface area contributed by atoms with E-state index >= 15 is 0 Å². The summed E-state index contributed by atoms with van der Waals surface area (Å²) in [4.78, 5) is 69.8. The van der Waals surface area contributed by atoms with Gasteiger partial charge in [-0.05, 0) is 170 Å². The molecule has 2 aliphatic carbocycles. The number of hydrogen-bond acceptors (Lipinski definition) is 16. The average Bonchev–Trinajstić information content (AvgIpc) is 0.879. The van der Waals surface area contributed by atoms with Crippen molar-refractivity contribution in [1.82, 2.24) is 9.80 Å². The van der Waals surface area contributed by atoms with Crippen LogP contribution in [0.1, 0.15) is 322 Å². The van der Waals surface area contributed by atoms with Crippen molar-refractivity contribution in [1.29, 1.82) is 0 Å². The topological polar surface area (TPSA) is 313 Å². The Hall–Kier alpha value is -3.34. The normalized spacial score (nSPS) is 17.7. The zero-order valence-electron chi connectivity index (χ0n) is 72.8. The van der Waals surface area contributed by atoms with E-state index in [1.807, 2.05) is 46.4 Å². The van der Waals surface area contributed by atoms with Crippen molar-refractivity contribution in [2.75, 3.05) is 106 Å². The van der Waals surface area contributed by atoms with Crippen molar-refractivity contribution < 1.29 is 83.5 Å². The molecule has 20 nitrogen and oxygen atoms in total. The molecule has 1 unspecified atom stereocenters. The lowest BCUT2D eigenvalue weighted by Gasteiger charge is -2.35. The molecule has 0 bridgehead atoms. The highest BCUT2D eigenvalue weighted by molar-refractivity contribution is 5.79. The Morgan fingerprint density at radius 3 is 1.20 bits per heavy atom. The maximum absolute atomic E-state index is 11.8.